The van der Waals surface area contributed by atoms with Crippen molar-refractivity contribution in [3.05, 3.63) is 17.5 Å². The topological polar surface area (TPSA) is 43.8 Å². The van der Waals surface area contributed by atoms with Gasteiger partial charge in [-0.1, -0.05) is 13.8 Å². The molecule has 0 bridgehead atoms. The second-order valence-corrected chi connectivity index (χ2v) is 3.58. The van der Waals surface area contributed by atoms with Crippen LogP contribution in [0, 0.1) is 5.92 Å². The number of aryl methyl sites for hydroxylation is 1. The van der Waals surface area contributed by atoms with Crippen LogP contribution in [-0.2, 0) is 20.0 Å². The standard InChI is InChI=1S/C9H17N3/c1-7(2)4-9-8(5-10)6-12(3)11-9/h6-7H,4-5,10H2,1-3H3. The summed E-state index contributed by atoms with van der Waals surface area (Å²) in [6.07, 6.45) is 3.02. The van der Waals surface area contributed by atoms with Crippen molar-refractivity contribution in [2.24, 2.45) is 18.7 Å². The lowest BCUT2D eigenvalue weighted by molar-refractivity contribution is 0.618. The number of nitrogens with two attached hydrogens (primary N) is 1. The lowest BCUT2D eigenvalue weighted by Crippen LogP contribution is -2.02. The smallest absolute Gasteiger partial charge is 0.0671 e. The second kappa shape index (κ2) is 3.72. The molecule has 1 aromatic rings. The second-order valence-electron chi connectivity index (χ2n) is 3.58. The van der Waals surface area contributed by atoms with E-state index in [0.717, 1.165) is 12.1 Å². The van der Waals surface area contributed by atoms with Crippen molar-refractivity contribution in [3.63, 3.8) is 0 Å². The highest BCUT2D eigenvalue weighted by atomic mass is 15.3. The molecule has 0 saturated carbocycles. The van der Waals surface area contributed by atoms with Crippen LogP contribution in [0.3, 0.4) is 0 Å². The van der Waals surface area contributed by atoms with Crippen LogP contribution in [0.2, 0.25) is 0 Å². The molecular weight excluding hydrogens is 150 g/mol. The van der Waals surface area contributed by atoms with E-state index in [0.29, 0.717) is 12.5 Å². The van der Waals surface area contributed by atoms with Gasteiger partial charge >= 0.3 is 0 Å². The number of hydrogen-bond donors (Lipinski definition) is 1. The van der Waals surface area contributed by atoms with Gasteiger partial charge in [-0.3, -0.25) is 4.68 Å². The van der Waals surface area contributed by atoms with Gasteiger partial charge in [-0.15, -0.1) is 0 Å². The summed E-state index contributed by atoms with van der Waals surface area (Å²) in [4.78, 5) is 0. The molecule has 68 valence electrons. The molecule has 0 amide bonds. The van der Waals surface area contributed by atoms with Crippen LogP contribution in [0.15, 0.2) is 6.20 Å². The molecule has 1 heterocycles. The lowest BCUT2D eigenvalue weighted by Gasteiger charge is -2.02. The van der Waals surface area contributed by atoms with E-state index in [1.165, 1.54) is 5.56 Å². The Morgan fingerprint density at radius 1 is 1.58 bits per heavy atom. The van der Waals surface area contributed by atoms with E-state index in [2.05, 4.69) is 18.9 Å². The Balaban J connectivity index is 2.81. The molecule has 1 rings (SSSR count). The fourth-order valence-electron chi connectivity index (χ4n) is 1.31. The summed E-state index contributed by atoms with van der Waals surface area (Å²) in [6, 6.07) is 0. The summed E-state index contributed by atoms with van der Waals surface area (Å²) in [5.74, 6) is 0.644. The predicted octanol–water partition coefficient (Wildman–Crippen LogP) is 1.08. The van der Waals surface area contributed by atoms with Crippen LogP contribution in [0.25, 0.3) is 0 Å². The zero-order chi connectivity index (χ0) is 9.14. The maximum Gasteiger partial charge on any atom is 0.0671 e. The average Bonchev–Trinajstić information content (AvgIpc) is 2.29. The van der Waals surface area contributed by atoms with Crippen LogP contribution >= 0.6 is 0 Å². The van der Waals surface area contributed by atoms with Crippen LogP contribution in [-0.4, -0.2) is 9.78 Å². The van der Waals surface area contributed by atoms with Crippen molar-refractivity contribution in [2.45, 2.75) is 26.8 Å². The van der Waals surface area contributed by atoms with Gasteiger partial charge < -0.3 is 5.73 Å². The van der Waals surface area contributed by atoms with Crippen LogP contribution in [0.5, 0.6) is 0 Å². The highest BCUT2D eigenvalue weighted by Gasteiger charge is 2.07. The van der Waals surface area contributed by atoms with E-state index in [-0.39, 0.29) is 0 Å². The van der Waals surface area contributed by atoms with Gasteiger partial charge in [0.05, 0.1) is 5.69 Å². The zero-order valence-electron chi connectivity index (χ0n) is 8.04. The van der Waals surface area contributed by atoms with E-state index in [4.69, 9.17) is 5.73 Å². The van der Waals surface area contributed by atoms with Gasteiger partial charge in [0.1, 0.15) is 0 Å². The number of hydrogen-bond acceptors (Lipinski definition) is 2. The molecule has 0 aromatic carbocycles. The van der Waals surface area contributed by atoms with E-state index in [1.807, 2.05) is 17.9 Å². The van der Waals surface area contributed by atoms with Crippen molar-refractivity contribution >= 4 is 0 Å². The van der Waals surface area contributed by atoms with Crippen molar-refractivity contribution in [3.8, 4) is 0 Å². The SMILES string of the molecule is CC(C)Cc1nn(C)cc1CN. The minimum absolute atomic E-state index is 0.593. The molecule has 0 aliphatic carbocycles. The monoisotopic (exact) mass is 167 g/mol. The lowest BCUT2D eigenvalue weighted by atomic mass is 10.1. The Bertz CT molecular complexity index is 250. The third kappa shape index (κ3) is 2.08. The van der Waals surface area contributed by atoms with Gasteiger partial charge in [0, 0.05) is 25.4 Å². The van der Waals surface area contributed by atoms with Gasteiger partial charge in [0.25, 0.3) is 0 Å². The Kier molecular flexibility index (Phi) is 2.87. The average molecular weight is 167 g/mol. The van der Waals surface area contributed by atoms with Crippen LogP contribution in [0.4, 0.5) is 0 Å². The Hall–Kier alpha value is -0.830. The molecular formula is C9H17N3. The summed E-state index contributed by atoms with van der Waals surface area (Å²) in [5, 5.41) is 4.36. The molecule has 0 fully saturated rings. The number of aromatic nitrogens is 2. The van der Waals surface area contributed by atoms with E-state index in [1.54, 1.807) is 0 Å². The van der Waals surface area contributed by atoms with Crippen molar-refractivity contribution in [1.29, 1.82) is 0 Å². The normalized spacial score (nSPS) is 11.1. The quantitative estimate of drug-likeness (QED) is 0.732. The molecule has 0 aliphatic heterocycles. The molecule has 3 nitrogen and oxygen atoms in total. The first-order valence-electron chi connectivity index (χ1n) is 4.35. The van der Waals surface area contributed by atoms with E-state index in [9.17, 15) is 0 Å². The summed E-state index contributed by atoms with van der Waals surface area (Å²) >= 11 is 0. The third-order valence-electron chi connectivity index (χ3n) is 1.81. The maximum atomic E-state index is 5.59. The van der Waals surface area contributed by atoms with Gasteiger partial charge in [-0.2, -0.15) is 5.10 Å². The summed E-state index contributed by atoms with van der Waals surface area (Å²) in [5.41, 5.74) is 7.91. The zero-order valence-corrected chi connectivity index (χ0v) is 8.04. The van der Waals surface area contributed by atoms with Crippen molar-refractivity contribution in [1.82, 2.24) is 9.78 Å². The minimum Gasteiger partial charge on any atom is -0.326 e. The van der Waals surface area contributed by atoms with Gasteiger partial charge in [-0.25, -0.2) is 0 Å². The molecule has 0 spiro atoms. The molecule has 0 aliphatic rings. The van der Waals surface area contributed by atoms with Gasteiger partial charge in [0.15, 0.2) is 0 Å². The maximum absolute atomic E-state index is 5.59. The van der Waals surface area contributed by atoms with Gasteiger partial charge in [0.2, 0.25) is 0 Å². The Morgan fingerprint density at radius 3 is 2.75 bits per heavy atom. The van der Waals surface area contributed by atoms with E-state index < -0.39 is 0 Å². The fourth-order valence-corrected chi connectivity index (χ4v) is 1.31. The molecule has 3 heteroatoms. The predicted molar refractivity (Wildman–Crippen MR) is 49.6 cm³/mol. The largest absolute Gasteiger partial charge is 0.326 e. The summed E-state index contributed by atoms with van der Waals surface area (Å²) in [6.45, 7) is 4.97. The highest BCUT2D eigenvalue weighted by molar-refractivity contribution is 5.16. The molecule has 1 aromatic heterocycles. The molecule has 0 unspecified atom stereocenters. The molecule has 12 heavy (non-hydrogen) atoms. The van der Waals surface area contributed by atoms with E-state index >= 15 is 0 Å². The molecule has 0 atom stereocenters. The van der Waals surface area contributed by atoms with Crippen molar-refractivity contribution < 1.29 is 0 Å². The first kappa shape index (κ1) is 9.26. The third-order valence-corrected chi connectivity index (χ3v) is 1.81. The molecule has 2 N–H and O–H groups in total. The highest BCUT2D eigenvalue weighted by Crippen LogP contribution is 2.10. The summed E-state index contributed by atoms with van der Waals surface area (Å²) in [7, 11) is 1.93. The van der Waals surface area contributed by atoms with Crippen molar-refractivity contribution in [2.75, 3.05) is 0 Å². The number of rotatable bonds is 3. The van der Waals surface area contributed by atoms with Crippen LogP contribution < -0.4 is 5.73 Å². The Labute approximate surface area is 73.6 Å². The fraction of sp³-hybridized carbons (Fsp3) is 0.667. The number of nitrogens with zero attached hydrogens (tertiary/aromatic N) is 2. The molecule has 0 saturated heterocycles. The minimum atomic E-state index is 0.593. The van der Waals surface area contributed by atoms with Gasteiger partial charge in [-0.05, 0) is 12.3 Å². The Morgan fingerprint density at radius 2 is 2.25 bits per heavy atom. The molecule has 0 radical (unpaired) electrons. The summed E-state index contributed by atoms with van der Waals surface area (Å²) < 4.78 is 1.83. The first-order chi connectivity index (χ1) is 5.63. The van der Waals surface area contributed by atoms with Crippen LogP contribution in [0.1, 0.15) is 25.1 Å². The first-order valence-corrected chi connectivity index (χ1v) is 4.35.